The molecular formula is C39H28N2. The van der Waals surface area contributed by atoms with Crippen molar-refractivity contribution in [1.82, 2.24) is 9.97 Å². The number of hydrogen-bond donors (Lipinski definition) is 0. The summed E-state index contributed by atoms with van der Waals surface area (Å²) in [4.78, 5) is 10.0. The lowest BCUT2D eigenvalue weighted by atomic mass is 9.79. The number of aromatic nitrogens is 2. The summed E-state index contributed by atoms with van der Waals surface area (Å²) in [5, 5.41) is 3.68. The fourth-order valence-corrected chi connectivity index (χ4v) is 6.72. The molecule has 1 heterocycles. The molecule has 0 fully saturated rings. The normalized spacial score (nSPS) is 13.3. The average molecular weight is 525 g/mol. The number of fused-ring (bicyclic) bond motifs is 6. The SMILES string of the molecule is CC1(C)c2ccccc2-c2cc(-c3ccc(-c4nc(-c5ccccc5)c5ccccc5n4)cc3)c3ccccc3c21. The zero-order chi connectivity index (χ0) is 27.6. The van der Waals surface area contributed by atoms with E-state index in [9.17, 15) is 0 Å². The molecule has 0 unspecified atom stereocenters. The molecule has 0 aliphatic heterocycles. The molecule has 1 aliphatic carbocycles. The van der Waals surface area contributed by atoms with Crippen LogP contribution in [0.2, 0.25) is 0 Å². The van der Waals surface area contributed by atoms with E-state index in [4.69, 9.17) is 9.97 Å². The van der Waals surface area contributed by atoms with Gasteiger partial charge in [-0.15, -0.1) is 0 Å². The molecule has 41 heavy (non-hydrogen) atoms. The van der Waals surface area contributed by atoms with E-state index in [2.05, 4.69) is 129 Å². The van der Waals surface area contributed by atoms with E-state index in [1.54, 1.807) is 0 Å². The molecule has 0 atom stereocenters. The molecule has 1 aliphatic rings. The minimum absolute atomic E-state index is 0.0438. The van der Waals surface area contributed by atoms with Crippen LogP contribution in [0.25, 0.3) is 66.6 Å². The first kappa shape index (κ1) is 23.8. The summed E-state index contributed by atoms with van der Waals surface area (Å²) in [7, 11) is 0. The Labute approximate surface area is 240 Å². The highest BCUT2D eigenvalue weighted by Crippen LogP contribution is 2.53. The van der Waals surface area contributed by atoms with Crippen molar-refractivity contribution in [3.05, 3.63) is 145 Å². The van der Waals surface area contributed by atoms with E-state index < -0.39 is 0 Å². The Balaban J connectivity index is 1.28. The van der Waals surface area contributed by atoms with Crippen molar-refractivity contribution < 1.29 is 0 Å². The summed E-state index contributed by atoms with van der Waals surface area (Å²) in [6, 6.07) is 47.5. The van der Waals surface area contributed by atoms with Crippen LogP contribution < -0.4 is 0 Å². The summed E-state index contributed by atoms with van der Waals surface area (Å²) < 4.78 is 0. The molecule has 2 nitrogen and oxygen atoms in total. The molecule has 7 aromatic rings. The molecule has 0 spiro atoms. The predicted octanol–water partition coefficient (Wildman–Crippen LogP) is 10.1. The third kappa shape index (κ3) is 3.64. The van der Waals surface area contributed by atoms with Gasteiger partial charge in [-0.25, -0.2) is 9.97 Å². The number of para-hydroxylation sites is 1. The van der Waals surface area contributed by atoms with Crippen LogP contribution in [0.1, 0.15) is 25.0 Å². The zero-order valence-electron chi connectivity index (χ0n) is 23.1. The lowest BCUT2D eigenvalue weighted by Gasteiger charge is -2.24. The second-order valence-electron chi connectivity index (χ2n) is 11.4. The van der Waals surface area contributed by atoms with Gasteiger partial charge in [0, 0.05) is 21.9 Å². The predicted molar refractivity (Wildman–Crippen MR) is 171 cm³/mol. The van der Waals surface area contributed by atoms with Crippen LogP contribution in [-0.4, -0.2) is 9.97 Å². The third-order valence-electron chi connectivity index (χ3n) is 8.66. The summed E-state index contributed by atoms with van der Waals surface area (Å²) in [5.74, 6) is 0.739. The number of rotatable bonds is 3. The van der Waals surface area contributed by atoms with Crippen molar-refractivity contribution >= 4 is 21.7 Å². The minimum atomic E-state index is -0.0438. The molecule has 2 heteroatoms. The quantitative estimate of drug-likeness (QED) is 0.230. The van der Waals surface area contributed by atoms with E-state index in [0.29, 0.717) is 0 Å². The van der Waals surface area contributed by atoms with Gasteiger partial charge in [0.05, 0.1) is 11.2 Å². The molecule has 0 saturated heterocycles. The first-order valence-electron chi connectivity index (χ1n) is 14.2. The maximum Gasteiger partial charge on any atom is 0.160 e. The zero-order valence-corrected chi connectivity index (χ0v) is 23.1. The van der Waals surface area contributed by atoms with Crippen molar-refractivity contribution in [1.29, 1.82) is 0 Å². The largest absolute Gasteiger partial charge is 0.228 e. The number of hydrogen-bond acceptors (Lipinski definition) is 2. The maximum atomic E-state index is 5.07. The van der Waals surface area contributed by atoms with Gasteiger partial charge in [0.1, 0.15) is 0 Å². The standard InChI is InChI=1S/C39H28N2/c1-39(2)34-18-10-8-15-29(34)33-24-32(28-14-6-7-16-30(28)36(33)39)25-20-22-27(23-21-25)38-40-35-19-11-9-17-31(35)37(41-38)26-12-4-3-5-13-26/h3-24H,1-2H3. The van der Waals surface area contributed by atoms with Gasteiger partial charge in [-0.3, -0.25) is 0 Å². The van der Waals surface area contributed by atoms with Crippen LogP contribution in [0, 0.1) is 0 Å². The van der Waals surface area contributed by atoms with Crippen LogP contribution in [-0.2, 0) is 5.41 Å². The molecule has 1 aromatic heterocycles. The Hall–Kier alpha value is -5.08. The second-order valence-corrected chi connectivity index (χ2v) is 11.4. The Morgan fingerprint density at radius 1 is 0.463 bits per heavy atom. The fourth-order valence-electron chi connectivity index (χ4n) is 6.72. The highest BCUT2D eigenvalue weighted by atomic mass is 14.9. The van der Waals surface area contributed by atoms with Gasteiger partial charge in [0.2, 0.25) is 0 Å². The summed E-state index contributed by atoms with van der Waals surface area (Å²) in [6.45, 7) is 4.71. The van der Waals surface area contributed by atoms with E-state index in [1.165, 1.54) is 44.2 Å². The van der Waals surface area contributed by atoms with Crippen LogP contribution in [0.3, 0.4) is 0 Å². The van der Waals surface area contributed by atoms with Crippen LogP contribution in [0.15, 0.2) is 133 Å². The van der Waals surface area contributed by atoms with E-state index in [0.717, 1.165) is 33.5 Å². The fraction of sp³-hybridized carbons (Fsp3) is 0.0769. The Morgan fingerprint density at radius 3 is 1.90 bits per heavy atom. The van der Waals surface area contributed by atoms with E-state index >= 15 is 0 Å². The Bertz CT molecular complexity index is 2110. The summed E-state index contributed by atoms with van der Waals surface area (Å²) in [6.07, 6.45) is 0. The number of nitrogens with zero attached hydrogens (tertiary/aromatic N) is 2. The molecule has 0 bridgehead atoms. The summed E-state index contributed by atoms with van der Waals surface area (Å²) in [5.41, 5.74) is 11.9. The van der Waals surface area contributed by atoms with Crippen LogP contribution >= 0.6 is 0 Å². The molecule has 0 N–H and O–H groups in total. The molecule has 8 rings (SSSR count). The summed E-state index contributed by atoms with van der Waals surface area (Å²) >= 11 is 0. The van der Waals surface area contributed by atoms with Gasteiger partial charge in [-0.05, 0) is 56.3 Å². The Morgan fingerprint density at radius 2 is 1.10 bits per heavy atom. The molecule has 0 radical (unpaired) electrons. The monoisotopic (exact) mass is 524 g/mol. The highest BCUT2D eigenvalue weighted by molar-refractivity contribution is 6.06. The minimum Gasteiger partial charge on any atom is -0.228 e. The van der Waals surface area contributed by atoms with Gasteiger partial charge in [-0.1, -0.05) is 135 Å². The van der Waals surface area contributed by atoms with E-state index in [1.807, 2.05) is 18.2 Å². The van der Waals surface area contributed by atoms with Crippen molar-refractivity contribution in [2.45, 2.75) is 19.3 Å². The van der Waals surface area contributed by atoms with Gasteiger partial charge in [0.25, 0.3) is 0 Å². The molecular weight excluding hydrogens is 496 g/mol. The van der Waals surface area contributed by atoms with Crippen LogP contribution in [0.5, 0.6) is 0 Å². The third-order valence-corrected chi connectivity index (χ3v) is 8.66. The average Bonchev–Trinajstić information content (AvgIpc) is 3.27. The van der Waals surface area contributed by atoms with Gasteiger partial charge < -0.3 is 0 Å². The first-order valence-corrected chi connectivity index (χ1v) is 14.2. The highest BCUT2D eigenvalue weighted by Gasteiger charge is 2.37. The number of benzene rings is 6. The smallest absolute Gasteiger partial charge is 0.160 e. The van der Waals surface area contributed by atoms with Crippen molar-refractivity contribution in [2.75, 3.05) is 0 Å². The van der Waals surface area contributed by atoms with Crippen molar-refractivity contribution in [3.63, 3.8) is 0 Å². The molecule has 0 saturated carbocycles. The lowest BCUT2D eigenvalue weighted by Crippen LogP contribution is -2.15. The topological polar surface area (TPSA) is 25.8 Å². The van der Waals surface area contributed by atoms with Crippen LogP contribution in [0.4, 0.5) is 0 Å². The molecule has 6 aromatic carbocycles. The lowest BCUT2D eigenvalue weighted by molar-refractivity contribution is 0.666. The molecule has 0 amide bonds. The van der Waals surface area contributed by atoms with Crippen molar-refractivity contribution in [3.8, 4) is 44.9 Å². The van der Waals surface area contributed by atoms with Gasteiger partial charge in [-0.2, -0.15) is 0 Å². The second kappa shape index (κ2) is 8.97. The molecule has 194 valence electrons. The van der Waals surface area contributed by atoms with Crippen molar-refractivity contribution in [2.24, 2.45) is 0 Å². The maximum absolute atomic E-state index is 5.07. The Kier molecular flexibility index (Phi) is 5.20. The van der Waals surface area contributed by atoms with Gasteiger partial charge in [0.15, 0.2) is 5.82 Å². The first-order chi connectivity index (χ1) is 20.1. The van der Waals surface area contributed by atoms with Gasteiger partial charge >= 0.3 is 0 Å². The van der Waals surface area contributed by atoms with E-state index in [-0.39, 0.29) is 5.41 Å².